The number of carbonyl (C=O) groups excluding carboxylic acids is 1. The molecule has 1 atom stereocenters. The first kappa shape index (κ1) is 14.6. The van der Waals surface area contributed by atoms with Crippen molar-refractivity contribution in [3.63, 3.8) is 0 Å². The molecule has 0 spiro atoms. The van der Waals surface area contributed by atoms with Crippen LogP contribution in [0, 0.1) is 5.92 Å². The van der Waals surface area contributed by atoms with Gasteiger partial charge in [-0.15, -0.1) is 11.3 Å². The van der Waals surface area contributed by atoms with Gasteiger partial charge in [0.15, 0.2) is 0 Å². The van der Waals surface area contributed by atoms with Gasteiger partial charge in [-0.2, -0.15) is 0 Å². The van der Waals surface area contributed by atoms with E-state index in [0.29, 0.717) is 12.5 Å². The van der Waals surface area contributed by atoms with Gasteiger partial charge in [0.1, 0.15) is 6.10 Å². The first-order valence-corrected chi connectivity index (χ1v) is 8.63. The Morgan fingerprint density at radius 3 is 3.05 bits per heavy atom. The minimum atomic E-state index is -0.0119. The number of rotatable bonds is 4. The lowest BCUT2D eigenvalue weighted by atomic mass is 9.94. The summed E-state index contributed by atoms with van der Waals surface area (Å²) in [5, 5.41) is 9.25. The Morgan fingerprint density at radius 2 is 2.29 bits per heavy atom. The molecule has 1 N–H and O–H groups in total. The molecule has 1 amide bonds. The van der Waals surface area contributed by atoms with Gasteiger partial charge in [0.2, 0.25) is 0 Å². The number of amides is 1. The van der Waals surface area contributed by atoms with E-state index in [9.17, 15) is 4.79 Å². The lowest BCUT2D eigenvalue weighted by Gasteiger charge is -2.14. The molecule has 0 radical (unpaired) electrons. The minimum Gasteiger partial charge on any atom is -0.390 e. The van der Waals surface area contributed by atoms with Crippen LogP contribution in [0.15, 0.2) is 10.5 Å². The van der Waals surface area contributed by atoms with Crippen LogP contribution >= 0.6 is 11.3 Å². The van der Waals surface area contributed by atoms with Gasteiger partial charge in [0.05, 0.1) is 17.1 Å². The summed E-state index contributed by atoms with van der Waals surface area (Å²) in [5.74, 6) is 0.458. The Hall–Kier alpha value is -1.36. The first-order chi connectivity index (χ1) is 10.1. The van der Waals surface area contributed by atoms with E-state index in [0.717, 1.165) is 29.9 Å². The van der Waals surface area contributed by atoms with E-state index in [1.165, 1.54) is 24.0 Å². The highest BCUT2D eigenvalue weighted by Gasteiger charge is 2.25. The third-order valence-corrected chi connectivity index (χ3v) is 5.29. The van der Waals surface area contributed by atoms with Crippen LogP contribution in [0.4, 0.5) is 0 Å². The SMILES string of the molecule is CC(C)C1=NOC(CNC(=O)c2scc3c2CCCC3)C1. The summed E-state index contributed by atoms with van der Waals surface area (Å²) in [6.45, 7) is 4.76. The molecule has 2 heterocycles. The molecule has 1 unspecified atom stereocenters. The average molecular weight is 306 g/mol. The predicted molar refractivity (Wildman–Crippen MR) is 85.1 cm³/mol. The van der Waals surface area contributed by atoms with Crippen molar-refractivity contribution in [2.45, 2.75) is 52.1 Å². The molecule has 0 bridgehead atoms. The highest BCUT2D eigenvalue weighted by atomic mass is 32.1. The van der Waals surface area contributed by atoms with Crippen molar-refractivity contribution in [2.24, 2.45) is 11.1 Å². The molecule has 4 nitrogen and oxygen atoms in total. The van der Waals surface area contributed by atoms with Crippen LogP contribution in [0.25, 0.3) is 0 Å². The second-order valence-corrected chi connectivity index (χ2v) is 7.03. The van der Waals surface area contributed by atoms with Gasteiger partial charge in [0, 0.05) is 6.42 Å². The van der Waals surface area contributed by atoms with E-state index in [1.54, 1.807) is 11.3 Å². The topological polar surface area (TPSA) is 50.7 Å². The number of hydrogen-bond donors (Lipinski definition) is 1. The Morgan fingerprint density at radius 1 is 1.48 bits per heavy atom. The second kappa shape index (κ2) is 6.18. The number of thiophene rings is 1. The number of oxime groups is 1. The zero-order valence-corrected chi connectivity index (χ0v) is 13.5. The number of nitrogens with one attached hydrogen (secondary N) is 1. The van der Waals surface area contributed by atoms with Crippen LogP contribution in [0.1, 0.15) is 53.9 Å². The van der Waals surface area contributed by atoms with Gasteiger partial charge in [-0.1, -0.05) is 19.0 Å². The number of carbonyl (C=O) groups is 1. The van der Waals surface area contributed by atoms with Gasteiger partial charge >= 0.3 is 0 Å². The van der Waals surface area contributed by atoms with E-state index in [1.807, 2.05) is 0 Å². The number of nitrogens with zero attached hydrogens (tertiary/aromatic N) is 1. The van der Waals surface area contributed by atoms with E-state index < -0.39 is 0 Å². The molecular weight excluding hydrogens is 284 g/mol. The summed E-state index contributed by atoms with van der Waals surface area (Å²) < 4.78 is 0. The number of hydrogen-bond acceptors (Lipinski definition) is 4. The van der Waals surface area contributed by atoms with Crippen molar-refractivity contribution in [1.29, 1.82) is 0 Å². The van der Waals surface area contributed by atoms with Crippen molar-refractivity contribution in [1.82, 2.24) is 5.32 Å². The van der Waals surface area contributed by atoms with Crippen molar-refractivity contribution < 1.29 is 9.63 Å². The summed E-state index contributed by atoms with van der Waals surface area (Å²) >= 11 is 1.58. The maximum Gasteiger partial charge on any atom is 0.261 e. The van der Waals surface area contributed by atoms with Gasteiger partial charge in [0.25, 0.3) is 5.91 Å². The van der Waals surface area contributed by atoms with Crippen molar-refractivity contribution in [3.05, 3.63) is 21.4 Å². The summed E-state index contributed by atoms with van der Waals surface area (Å²) in [7, 11) is 0. The van der Waals surface area contributed by atoms with Crippen LogP contribution in [-0.2, 0) is 17.7 Å². The standard InChI is InChI=1S/C16H22N2O2S/c1-10(2)14-7-12(20-18-14)8-17-16(19)15-13-6-4-3-5-11(13)9-21-15/h9-10,12H,3-8H2,1-2H3,(H,17,19). The molecule has 0 saturated heterocycles. The smallest absolute Gasteiger partial charge is 0.261 e. The highest BCUT2D eigenvalue weighted by Crippen LogP contribution is 2.29. The summed E-state index contributed by atoms with van der Waals surface area (Å²) in [4.78, 5) is 18.6. The molecule has 0 saturated carbocycles. The summed E-state index contributed by atoms with van der Waals surface area (Å²) in [6.07, 6.45) is 5.42. The average Bonchev–Trinajstić information content (AvgIpc) is 3.11. The molecule has 114 valence electrons. The summed E-state index contributed by atoms with van der Waals surface area (Å²) in [5.41, 5.74) is 3.73. The maximum atomic E-state index is 12.4. The Labute approximate surface area is 129 Å². The van der Waals surface area contributed by atoms with Gasteiger partial charge in [-0.3, -0.25) is 4.79 Å². The Balaban J connectivity index is 1.55. The van der Waals surface area contributed by atoms with E-state index in [-0.39, 0.29) is 12.0 Å². The fraction of sp³-hybridized carbons (Fsp3) is 0.625. The second-order valence-electron chi connectivity index (χ2n) is 6.15. The molecule has 5 heteroatoms. The number of aryl methyl sites for hydroxylation is 1. The predicted octanol–water partition coefficient (Wildman–Crippen LogP) is 3.16. The Kier molecular flexibility index (Phi) is 4.29. The molecule has 21 heavy (non-hydrogen) atoms. The molecule has 1 aromatic rings. The molecule has 3 rings (SSSR count). The van der Waals surface area contributed by atoms with Crippen LogP contribution in [0.3, 0.4) is 0 Å². The fourth-order valence-corrected chi connectivity index (χ4v) is 3.97. The van der Waals surface area contributed by atoms with Crippen molar-refractivity contribution in [3.8, 4) is 0 Å². The van der Waals surface area contributed by atoms with Gasteiger partial charge in [-0.05, 0) is 48.1 Å². The van der Waals surface area contributed by atoms with E-state index >= 15 is 0 Å². The quantitative estimate of drug-likeness (QED) is 0.929. The minimum absolute atomic E-state index is 0.0119. The summed E-state index contributed by atoms with van der Waals surface area (Å²) in [6, 6.07) is 0. The lowest BCUT2D eigenvalue weighted by Crippen LogP contribution is -2.32. The molecule has 1 aliphatic heterocycles. The molecule has 0 aromatic carbocycles. The van der Waals surface area contributed by atoms with Crippen molar-refractivity contribution in [2.75, 3.05) is 6.54 Å². The maximum absolute atomic E-state index is 12.4. The largest absolute Gasteiger partial charge is 0.390 e. The first-order valence-electron chi connectivity index (χ1n) is 7.75. The molecule has 1 aromatic heterocycles. The van der Waals surface area contributed by atoms with E-state index in [2.05, 4.69) is 29.7 Å². The molecule has 2 aliphatic rings. The molecule has 0 fully saturated rings. The van der Waals surface area contributed by atoms with Crippen molar-refractivity contribution >= 4 is 23.0 Å². The van der Waals surface area contributed by atoms with Crippen LogP contribution in [0.5, 0.6) is 0 Å². The molecular formula is C16H22N2O2S. The van der Waals surface area contributed by atoms with Gasteiger partial charge < -0.3 is 10.2 Å². The zero-order chi connectivity index (χ0) is 14.8. The van der Waals surface area contributed by atoms with Crippen LogP contribution in [-0.4, -0.2) is 24.3 Å². The molecule has 1 aliphatic carbocycles. The highest BCUT2D eigenvalue weighted by molar-refractivity contribution is 7.12. The van der Waals surface area contributed by atoms with Gasteiger partial charge in [-0.25, -0.2) is 0 Å². The monoisotopic (exact) mass is 306 g/mol. The third-order valence-electron chi connectivity index (χ3n) is 4.22. The Bertz CT molecular complexity index is 563. The normalized spacial score (nSPS) is 20.9. The third kappa shape index (κ3) is 3.12. The lowest BCUT2D eigenvalue weighted by molar-refractivity contribution is 0.0755. The van der Waals surface area contributed by atoms with E-state index in [4.69, 9.17) is 4.84 Å². The van der Waals surface area contributed by atoms with Crippen LogP contribution in [0.2, 0.25) is 0 Å². The number of fused-ring (bicyclic) bond motifs is 1. The fourth-order valence-electron chi connectivity index (χ4n) is 2.90. The zero-order valence-electron chi connectivity index (χ0n) is 12.6. The van der Waals surface area contributed by atoms with Crippen LogP contribution < -0.4 is 5.32 Å².